The summed E-state index contributed by atoms with van der Waals surface area (Å²) in [7, 11) is -3.55. The lowest BCUT2D eigenvalue weighted by Crippen LogP contribution is -2.48. The van der Waals surface area contributed by atoms with Crippen LogP contribution in [0.25, 0.3) is 0 Å². The molecule has 128 valence electrons. The van der Waals surface area contributed by atoms with Crippen molar-refractivity contribution < 1.29 is 18.3 Å². The van der Waals surface area contributed by atoms with E-state index < -0.39 is 16.1 Å². The average molecular weight is 339 g/mol. The smallest absolute Gasteiger partial charge is 0.243 e. The Morgan fingerprint density at radius 2 is 2.04 bits per heavy atom. The predicted molar refractivity (Wildman–Crippen MR) is 87.8 cm³/mol. The molecule has 0 spiro atoms. The molecule has 3 atom stereocenters. The van der Waals surface area contributed by atoms with E-state index in [4.69, 9.17) is 4.74 Å². The van der Waals surface area contributed by atoms with Gasteiger partial charge in [0.2, 0.25) is 10.0 Å². The molecule has 0 radical (unpaired) electrons. The molecule has 0 amide bonds. The van der Waals surface area contributed by atoms with Gasteiger partial charge in [0.1, 0.15) is 0 Å². The van der Waals surface area contributed by atoms with Gasteiger partial charge in [-0.25, -0.2) is 8.42 Å². The monoisotopic (exact) mass is 339 g/mol. The van der Waals surface area contributed by atoms with Gasteiger partial charge in [-0.05, 0) is 50.3 Å². The first-order valence-corrected chi connectivity index (χ1v) is 9.70. The van der Waals surface area contributed by atoms with Crippen molar-refractivity contribution in [1.82, 2.24) is 4.31 Å². The van der Waals surface area contributed by atoms with E-state index in [9.17, 15) is 13.5 Å². The van der Waals surface area contributed by atoms with Gasteiger partial charge >= 0.3 is 0 Å². The Bertz CT molecular complexity index is 673. The minimum atomic E-state index is -3.55. The normalized spacial score (nSPS) is 29.8. The number of rotatable bonds is 3. The topological polar surface area (TPSA) is 66.8 Å². The van der Waals surface area contributed by atoms with Crippen molar-refractivity contribution in [2.45, 2.75) is 50.2 Å². The lowest BCUT2D eigenvalue weighted by molar-refractivity contribution is -0.0543. The number of aliphatic hydroxyl groups excluding tert-OH is 1. The van der Waals surface area contributed by atoms with E-state index in [1.165, 1.54) is 0 Å². The molecule has 3 rings (SSSR count). The quantitative estimate of drug-likeness (QED) is 0.913. The molecular formula is C17H25NO4S. The number of sulfonamides is 1. The van der Waals surface area contributed by atoms with E-state index in [-0.39, 0.29) is 12.0 Å². The van der Waals surface area contributed by atoms with Crippen LogP contribution in [0.15, 0.2) is 23.1 Å². The minimum Gasteiger partial charge on any atom is -0.393 e. The van der Waals surface area contributed by atoms with E-state index in [0.717, 1.165) is 24.0 Å². The standard InChI is InChI=1S/C17H25NO4S/c1-12-5-6-13(2)17(10-12)23(20,21)18-8-3-4-15(18)14-11-22-9-7-16(14)19/h5-6,10,14-16,19H,3-4,7-9,11H2,1-2H3/t14-,15+,16+/m0/s1. The van der Waals surface area contributed by atoms with Crippen molar-refractivity contribution in [3.63, 3.8) is 0 Å². The summed E-state index contributed by atoms with van der Waals surface area (Å²) in [6.07, 6.45) is 1.72. The molecular weight excluding hydrogens is 314 g/mol. The molecule has 0 saturated carbocycles. The third-order valence-electron chi connectivity index (χ3n) is 5.04. The van der Waals surface area contributed by atoms with Gasteiger partial charge in [-0.2, -0.15) is 4.31 Å². The third kappa shape index (κ3) is 3.18. The molecule has 2 saturated heterocycles. The molecule has 1 N–H and O–H groups in total. The van der Waals surface area contributed by atoms with Crippen LogP contribution in [0.1, 0.15) is 30.4 Å². The van der Waals surface area contributed by atoms with Crippen molar-refractivity contribution in [3.8, 4) is 0 Å². The first-order chi connectivity index (χ1) is 10.9. The van der Waals surface area contributed by atoms with Crippen LogP contribution in [0, 0.1) is 19.8 Å². The molecule has 2 fully saturated rings. The summed E-state index contributed by atoms with van der Waals surface area (Å²) in [5, 5.41) is 10.3. The molecule has 0 aliphatic carbocycles. The highest BCUT2D eigenvalue weighted by Gasteiger charge is 2.43. The zero-order valence-electron chi connectivity index (χ0n) is 13.7. The molecule has 2 heterocycles. The molecule has 6 heteroatoms. The van der Waals surface area contributed by atoms with Crippen LogP contribution in [-0.4, -0.2) is 49.7 Å². The van der Waals surface area contributed by atoms with Crippen molar-refractivity contribution in [2.24, 2.45) is 5.92 Å². The summed E-state index contributed by atoms with van der Waals surface area (Å²) in [4.78, 5) is 0.385. The Morgan fingerprint density at radius 3 is 2.78 bits per heavy atom. The first kappa shape index (κ1) is 16.9. The molecule has 1 aromatic carbocycles. The number of nitrogens with zero attached hydrogens (tertiary/aromatic N) is 1. The summed E-state index contributed by atoms with van der Waals surface area (Å²) < 4.78 is 33.4. The average Bonchev–Trinajstić information content (AvgIpc) is 3.00. The van der Waals surface area contributed by atoms with Gasteiger partial charge < -0.3 is 9.84 Å². The Balaban J connectivity index is 1.93. The van der Waals surface area contributed by atoms with E-state index in [0.29, 0.717) is 31.1 Å². The van der Waals surface area contributed by atoms with Crippen molar-refractivity contribution in [2.75, 3.05) is 19.8 Å². The first-order valence-electron chi connectivity index (χ1n) is 8.26. The van der Waals surface area contributed by atoms with Gasteiger partial charge in [-0.3, -0.25) is 0 Å². The molecule has 0 aromatic heterocycles. The molecule has 5 nitrogen and oxygen atoms in total. The fraction of sp³-hybridized carbons (Fsp3) is 0.647. The van der Waals surface area contributed by atoms with Gasteiger partial charge in [0, 0.05) is 25.1 Å². The summed E-state index contributed by atoms with van der Waals surface area (Å²) in [5.74, 6) is -0.133. The maximum Gasteiger partial charge on any atom is 0.243 e. The van der Waals surface area contributed by atoms with E-state index >= 15 is 0 Å². The van der Waals surface area contributed by atoms with Crippen LogP contribution < -0.4 is 0 Å². The van der Waals surface area contributed by atoms with E-state index in [1.807, 2.05) is 26.0 Å². The third-order valence-corrected chi connectivity index (χ3v) is 7.10. The number of hydrogen-bond donors (Lipinski definition) is 1. The molecule has 1 aromatic rings. The number of aryl methyl sites for hydroxylation is 2. The van der Waals surface area contributed by atoms with Crippen LogP contribution >= 0.6 is 0 Å². The van der Waals surface area contributed by atoms with Crippen molar-refractivity contribution in [1.29, 1.82) is 0 Å². The highest BCUT2D eigenvalue weighted by Crippen LogP contribution is 2.34. The lowest BCUT2D eigenvalue weighted by atomic mass is 9.90. The van der Waals surface area contributed by atoms with Crippen LogP contribution in [-0.2, 0) is 14.8 Å². The Labute approximate surface area is 138 Å². The Hall–Kier alpha value is -0.950. The van der Waals surface area contributed by atoms with E-state index in [1.54, 1.807) is 10.4 Å². The number of aliphatic hydroxyl groups is 1. The molecule has 2 aliphatic heterocycles. The van der Waals surface area contributed by atoms with Crippen LogP contribution in [0.2, 0.25) is 0 Å². The van der Waals surface area contributed by atoms with Gasteiger partial charge in [0.25, 0.3) is 0 Å². The SMILES string of the molecule is Cc1ccc(C)c(S(=O)(=O)N2CCC[C@@H]2[C@@H]2COCC[C@H]2O)c1. The maximum absolute atomic E-state index is 13.2. The summed E-state index contributed by atoms with van der Waals surface area (Å²) in [6.45, 7) is 5.23. The van der Waals surface area contributed by atoms with E-state index in [2.05, 4.69) is 0 Å². The second-order valence-electron chi connectivity index (χ2n) is 6.69. The van der Waals surface area contributed by atoms with Gasteiger partial charge in [0.05, 0.1) is 17.6 Å². The molecule has 0 bridgehead atoms. The fourth-order valence-electron chi connectivity index (χ4n) is 3.72. The van der Waals surface area contributed by atoms with Crippen LogP contribution in [0.4, 0.5) is 0 Å². The van der Waals surface area contributed by atoms with Gasteiger partial charge in [0.15, 0.2) is 0 Å². The predicted octanol–water partition coefficient (Wildman–Crippen LogP) is 1.85. The van der Waals surface area contributed by atoms with Crippen molar-refractivity contribution >= 4 is 10.0 Å². The second kappa shape index (κ2) is 6.51. The van der Waals surface area contributed by atoms with Crippen LogP contribution in [0.5, 0.6) is 0 Å². The number of ether oxygens (including phenoxy) is 1. The Morgan fingerprint density at radius 1 is 1.26 bits per heavy atom. The largest absolute Gasteiger partial charge is 0.393 e. The zero-order valence-corrected chi connectivity index (χ0v) is 14.6. The fourth-order valence-corrected chi connectivity index (χ4v) is 5.77. The molecule has 23 heavy (non-hydrogen) atoms. The van der Waals surface area contributed by atoms with Gasteiger partial charge in [-0.15, -0.1) is 0 Å². The number of hydrogen-bond acceptors (Lipinski definition) is 4. The zero-order chi connectivity index (χ0) is 16.6. The summed E-state index contributed by atoms with van der Waals surface area (Å²) in [5.41, 5.74) is 1.70. The Kier molecular flexibility index (Phi) is 4.78. The summed E-state index contributed by atoms with van der Waals surface area (Å²) >= 11 is 0. The highest BCUT2D eigenvalue weighted by molar-refractivity contribution is 7.89. The lowest BCUT2D eigenvalue weighted by Gasteiger charge is -2.36. The molecule has 0 unspecified atom stereocenters. The van der Waals surface area contributed by atoms with Gasteiger partial charge in [-0.1, -0.05) is 12.1 Å². The second-order valence-corrected chi connectivity index (χ2v) is 8.55. The highest BCUT2D eigenvalue weighted by atomic mass is 32.2. The minimum absolute atomic E-state index is 0.133. The summed E-state index contributed by atoms with van der Waals surface area (Å²) in [6, 6.07) is 5.35. The van der Waals surface area contributed by atoms with Crippen molar-refractivity contribution in [3.05, 3.63) is 29.3 Å². The maximum atomic E-state index is 13.2. The molecule has 2 aliphatic rings. The number of benzene rings is 1. The van der Waals surface area contributed by atoms with Crippen LogP contribution in [0.3, 0.4) is 0 Å².